The summed E-state index contributed by atoms with van der Waals surface area (Å²) >= 11 is 0. The zero-order chi connectivity index (χ0) is 38.5. The smallest absolute Gasteiger partial charge is 0.306 e. The fraction of sp³-hybridized carbons (Fsp3) is 0.846. The van der Waals surface area contributed by atoms with Gasteiger partial charge in [0.2, 0.25) is 11.8 Å². The maximum absolute atomic E-state index is 12.4. The van der Waals surface area contributed by atoms with E-state index in [1.54, 1.807) is 0 Å². The van der Waals surface area contributed by atoms with Crippen molar-refractivity contribution in [1.82, 2.24) is 16.0 Å². The third-order valence-electron chi connectivity index (χ3n) is 9.22. The lowest BCUT2D eigenvalue weighted by molar-refractivity contribution is -0.144. The van der Waals surface area contributed by atoms with E-state index >= 15 is 0 Å². The Morgan fingerprint density at radius 1 is 0.481 bits per heavy atom. The minimum absolute atomic E-state index is 0.0175. The zero-order valence-electron chi connectivity index (χ0n) is 32.0. The third-order valence-corrected chi connectivity index (χ3v) is 9.22. The molecule has 0 spiro atoms. The first-order valence-electron chi connectivity index (χ1n) is 20.2. The van der Waals surface area contributed by atoms with Gasteiger partial charge in [-0.05, 0) is 51.6 Å². The molecule has 0 aliphatic rings. The Balaban J connectivity index is 3.63. The van der Waals surface area contributed by atoms with Crippen LogP contribution in [0.3, 0.4) is 0 Å². The van der Waals surface area contributed by atoms with E-state index in [0.717, 1.165) is 116 Å². The molecular weight excluding hydrogens is 668 g/mol. The van der Waals surface area contributed by atoms with Crippen LogP contribution in [0.15, 0.2) is 0 Å². The van der Waals surface area contributed by atoms with Gasteiger partial charge in [0, 0.05) is 58.0 Å². The Morgan fingerprint density at radius 2 is 0.942 bits per heavy atom. The van der Waals surface area contributed by atoms with E-state index in [1.807, 2.05) is 0 Å². The third kappa shape index (κ3) is 35.5. The van der Waals surface area contributed by atoms with Crippen molar-refractivity contribution >= 4 is 35.3 Å². The number of ketones is 2. The van der Waals surface area contributed by atoms with Gasteiger partial charge in [0.1, 0.15) is 11.6 Å². The van der Waals surface area contributed by atoms with Crippen LogP contribution in [0.25, 0.3) is 0 Å². The summed E-state index contributed by atoms with van der Waals surface area (Å²) in [6, 6.07) is 0. The number of unbranched alkanes of at least 4 members (excludes halogenated alkanes) is 16. The summed E-state index contributed by atoms with van der Waals surface area (Å²) in [5, 5.41) is 27.1. The lowest BCUT2D eigenvalue weighted by Gasteiger charge is -2.12. The molecule has 0 saturated heterocycles. The summed E-state index contributed by atoms with van der Waals surface area (Å²) in [7, 11) is 0. The molecule has 13 nitrogen and oxygen atoms in total. The van der Waals surface area contributed by atoms with E-state index in [9.17, 15) is 33.9 Å². The Hall–Kier alpha value is -2.90. The Kier molecular flexibility index (Phi) is 34.4. The second-order valence-electron chi connectivity index (χ2n) is 14.0. The summed E-state index contributed by atoms with van der Waals surface area (Å²) in [5.74, 6) is 2.07. The van der Waals surface area contributed by atoms with Gasteiger partial charge < -0.3 is 31.0 Å². The monoisotopic (exact) mass is 741 g/mol. The molecule has 0 saturated carbocycles. The molecule has 0 unspecified atom stereocenters. The van der Waals surface area contributed by atoms with Crippen molar-refractivity contribution in [3.8, 4) is 0 Å². The van der Waals surface area contributed by atoms with Gasteiger partial charge in [-0.15, -0.1) is 0 Å². The van der Waals surface area contributed by atoms with Gasteiger partial charge in [-0.3, -0.25) is 28.8 Å². The Labute approximate surface area is 312 Å². The van der Waals surface area contributed by atoms with Gasteiger partial charge in [-0.2, -0.15) is 0 Å². The molecule has 2 amide bonds. The number of Topliss-reactive ketones (excluding diaryl/α,β-unsaturated/α-hetero) is 2. The highest BCUT2D eigenvalue weighted by molar-refractivity contribution is 5.85. The van der Waals surface area contributed by atoms with Crippen LogP contribution in [0.2, 0.25) is 0 Å². The zero-order valence-corrected chi connectivity index (χ0v) is 32.0. The number of nitrogens with two attached hydrogens (primary N) is 1. The summed E-state index contributed by atoms with van der Waals surface area (Å²) in [4.78, 5) is 74.7. The minimum Gasteiger partial charge on any atom is -0.481 e. The van der Waals surface area contributed by atoms with Crippen LogP contribution >= 0.6 is 0 Å². The van der Waals surface area contributed by atoms with Crippen LogP contribution in [0.1, 0.15) is 173 Å². The van der Waals surface area contributed by atoms with Crippen molar-refractivity contribution in [2.75, 3.05) is 32.8 Å². The van der Waals surface area contributed by atoms with Gasteiger partial charge >= 0.3 is 11.9 Å². The van der Waals surface area contributed by atoms with Crippen molar-refractivity contribution in [3.63, 3.8) is 0 Å². The lowest BCUT2D eigenvalue weighted by Crippen LogP contribution is -2.28. The molecule has 0 heterocycles. The number of aliphatic carboxylic acids is 2. The second-order valence-corrected chi connectivity index (χ2v) is 14.0. The molecule has 0 aliphatic carbocycles. The summed E-state index contributed by atoms with van der Waals surface area (Å²) < 4.78 is 0. The lowest BCUT2D eigenvalue weighted by atomic mass is 9.94. The van der Waals surface area contributed by atoms with Crippen LogP contribution in [-0.2, 0) is 33.6 Å². The van der Waals surface area contributed by atoms with Crippen LogP contribution < -0.4 is 21.8 Å². The van der Waals surface area contributed by atoms with Crippen molar-refractivity contribution in [2.45, 2.75) is 173 Å². The largest absolute Gasteiger partial charge is 0.481 e. The van der Waals surface area contributed by atoms with Gasteiger partial charge in [-0.25, -0.2) is 5.90 Å². The maximum atomic E-state index is 12.4. The number of carboxylic acids is 2. The summed E-state index contributed by atoms with van der Waals surface area (Å²) in [5.41, 5.74) is 0. The number of hydrogen-bond donors (Lipinski definition) is 6. The first-order valence-corrected chi connectivity index (χ1v) is 20.2. The number of rotatable bonds is 40. The molecule has 7 N–H and O–H groups in total. The fourth-order valence-electron chi connectivity index (χ4n) is 6.01. The predicted octanol–water partition coefficient (Wildman–Crippen LogP) is 6.16. The second kappa shape index (κ2) is 36.5. The number of carbonyl (C=O) groups is 6. The van der Waals surface area contributed by atoms with Crippen molar-refractivity contribution in [2.24, 2.45) is 11.8 Å². The summed E-state index contributed by atoms with van der Waals surface area (Å²) in [6.45, 7) is 2.83. The van der Waals surface area contributed by atoms with Crippen molar-refractivity contribution < 1.29 is 43.8 Å². The molecular formula is C39H72N4O9. The normalized spacial score (nSPS) is 11.6. The highest BCUT2D eigenvalue weighted by Gasteiger charge is 2.22. The molecule has 0 aromatic rings. The molecule has 0 aromatic carbocycles. The first-order chi connectivity index (χ1) is 25.1. The van der Waals surface area contributed by atoms with E-state index in [4.69, 9.17) is 11.0 Å². The highest BCUT2D eigenvalue weighted by atomic mass is 16.6. The Bertz CT molecular complexity index is 964. The molecule has 302 valence electrons. The van der Waals surface area contributed by atoms with Crippen LogP contribution in [0, 0.1) is 5.92 Å². The standard InChI is InChI=1S/C39H72N4O9/c40-52-31-30-43-37(47)26-24-34(44)20-15-11-8-6-10-14-18-27-41-28-19-29-42-36(46)25-23-33(39(50)51)32-35(45)21-16-12-7-4-2-1-3-5-9-13-17-22-38(48)49/h33,41H,1-32,40H2,(H,42,46)(H,43,47)(H,48,49)(H,50,51)/t33-/m1/s1. The molecule has 13 heteroatoms. The van der Waals surface area contributed by atoms with Gasteiger partial charge in [0.05, 0.1) is 12.5 Å². The minimum atomic E-state index is -1.02. The molecule has 0 aliphatic heterocycles. The van der Waals surface area contributed by atoms with Crippen molar-refractivity contribution in [3.05, 3.63) is 0 Å². The average molecular weight is 741 g/mol. The number of nitrogens with one attached hydrogen (secondary N) is 3. The molecule has 52 heavy (non-hydrogen) atoms. The van der Waals surface area contributed by atoms with E-state index in [-0.39, 0.29) is 68.5 Å². The predicted molar refractivity (Wildman–Crippen MR) is 202 cm³/mol. The first kappa shape index (κ1) is 49.1. The van der Waals surface area contributed by atoms with Crippen LogP contribution in [-0.4, -0.2) is 78.3 Å². The quantitative estimate of drug-likeness (QED) is 0.0309. The average Bonchev–Trinajstić information content (AvgIpc) is 3.11. The van der Waals surface area contributed by atoms with Gasteiger partial charge in [0.25, 0.3) is 0 Å². The van der Waals surface area contributed by atoms with E-state index < -0.39 is 17.9 Å². The van der Waals surface area contributed by atoms with Gasteiger partial charge in [-0.1, -0.05) is 89.9 Å². The van der Waals surface area contributed by atoms with Crippen LogP contribution in [0.4, 0.5) is 0 Å². The number of amides is 2. The molecule has 0 rings (SSSR count). The highest BCUT2D eigenvalue weighted by Crippen LogP contribution is 2.17. The number of hydrogen-bond acceptors (Lipinski definition) is 9. The molecule has 0 aromatic heterocycles. The topological polar surface area (TPSA) is 214 Å². The SMILES string of the molecule is NOCCNC(=O)CCC(=O)CCCCCCCCCNCCCNC(=O)CC[C@H](CC(=O)CCCCCCCCCCCCCC(=O)O)C(=O)O. The maximum Gasteiger partial charge on any atom is 0.306 e. The number of carboxylic acid groups (broad SMARTS) is 2. The molecule has 1 atom stereocenters. The molecule has 0 fully saturated rings. The van der Waals surface area contributed by atoms with Crippen molar-refractivity contribution in [1.29, 1.82) is 0 Å². The molecule has 0 bridgehead atoms. The van der Waals surface area contributed by atoms with E-state index in [0.29, 0.717) is 25.9 Å². The fourth-order valence-corrected chi connectivity index (χ4v) is 6.01. The Morgan fingerprint density at radius 3 is 1.48 bits per heavy atom. The molecule has 0 radical (unpaired) electrons. The van der Waals surface area contributed by atoms with E-state index in [1.165, 1.54) is 19.3 Å². The van der Waals surface area contributed by atoms with E-state index in [2.05, 4.69) is 20.8 Å². The number of carbonyl (C=O) groups excluding carboxylic acids is 4. The van der Waals surface area contributed by atoms with Crippen LogP contribution in [0.5, 0.6) is 0 Å². The van der Waals surface area contributed by atoms with Gasteiger partial charge in [0.15, 0.2) is 0 Å². The summed E-state index contributed by atoms with van der Waals surface area (Å²) in [6.07, 6.45) is 21.6.